The van der Waals surface area contributed by atoms with Crippen LogP contribution in [0.15, 0.2) is 400 Å². The number of nitrogens with zero attached hydrogens (tertiary/aromatic N) is 4. The molecule has 0 unspecified atom stereocenters. The lowest BCUT2D eigenvalue weighted by atomic mass is 9.93. The Morgan fingerprint density at radius 1 is 0.125 bits per heavy atom. The van der Waals surface area contributed by atoms with Crippen LogP contribution in [-0.4, -0.2) is 18.3 Å². The summed E-state index contributed by atoms with van der Waals surface area (Å²) in [7, 11) is 0. The minimum absolute atomic E-state index is 1.14. The average Bonchev–Trinajstić information content (AvgIpc) is 1.59. The van der Waals surface area contributed by atoms with Gasteiger partial charge in [-0.15, -0.1) is 0 Å². The number of rotatable bonds is 10. The van der Waals surface area contributed by atoms with Crippen LogP contribution >= 0.6 is 0 Å². The summed E-state index contributed by atoms with van der Waals surface area (Å²) >= 11 is 0. The summed E-state index contributed by atoms with van der Waals surface area (Å²) in [5.74, 6) is 0. The highest BCUT2D eigenvalue weighted by molar-refractivity contribution is 6.15. The Hall–Kier alpha value is -13.8. The predicted octanol–water partition coefficient (Wildman–Crippen LogP) is 26.9. The van der Waals surface area contributed by atoms with E-state index in [1.807, 2.05) is 0 Å². The molecule has 4 nitrogen and oxygen atoms in total. The normalized spacial score (nSPS) is 11.7. The minimum atomic E-state index is 1.14. The summed E-state index contributed by atoms with van der Waals surface area (Å²) in [6.45, 7) is 0. The highest BCUT2D eigenvalue weighted by Crippen LogP contribution is 2.43. The summed E-state index contributed by atoms with van der Waals surface area (Å²) in [4.78, 5) is 0. The first-order valence-corrected chi connectivity index (χ1v) is 35.8. The zero-order valence-corrected chi connectivity index (χ0v) is 56.9. The summed E-state index contributed by atoms with van der Waals surface area (Å²) < 4.78 is 9.55. The molecule has 0 aliphatic heterocycles. The number of hydrogen-bond acceptors (Lipinski definition) is 0. The van der Waals surface area contributed by atoms with Crippen molar-refractivity contribution in [1.82, 2.24) is 18.3 Å². The van der Waals surface area contributed by atoms with Crippen LogP contribution in [-0.2, 0) is 0 Å². The Kier molecular flexibility index (Phi) is 14.5. The Morgan fingerprint density at radius 3 is 0.731 bits per heavy atom. The second kappa shape index (κ2) is 25.1. The van der Waals surface area contributed by atoms with Crippen molar-refractivity contribution in [2.24, 2.45) is 0 Å². The molecular weight excluding hydrogens is 1260 g/mol. The maximum atomic E-state index is 2.41. The molecule has 0 saturated heterocycles. The van der Waals surface area contributed by atoms with E-state index in [2.05, 4.69) is 419 Å². The van der Waals surface area contributed by atoms with Gasteiger partial charge in [0.2, 0.25) is 0 Å². The van der Waals surface area contributed by atoms with Gasteiger partial charge < -0.3 is 18.3 Å². The first kappa shape index (κ1) is 60.2. The molecule has 21 rings (SSSR count). The molecule has 0 bridgehead atoms. The van der Waals surface area contributed by atoms with Crippen molar-refractivity contribution in [3.05, 3.63) is 400 Å². The van der Waals surface area contributed by atoms with Crippen molar-refractivity contribution in [3.63, 3.8) is 0 Å². The van der Waals surface area contributed by atoms with E-state index in [0.717, 1.165) is 11.4 Å². The van der Waals surface area contributed by atoms with Crippen LogP contribution in [0.1, 0.15) is 0 Å². The van der Waals surface area contributed by atoms with Gasteiger partial charge >= 0.3 is 0 Å². The molecule has 0 saturated carbocycles. The Bertz CT molecular complexity index is 6790. The number of aromatic nitrogens is 4. The van der Waals surface area contributed by atoms with E-state index in [0.29, 0.717) is 0 Å². The van der Waals surface area contributed by atoms with E-state index < -0.39 is 0 Å². The SMILES string of the molecule is c1ccc(-c2cc(-c3ccccc3)cc(-c3ccc(-n4c5ccccc5c5cc(-c6ccc7c(c6)c6ccccc6n7-c6ccccc6)ccc54)cc3)c2)cc1.c1ccc(-n2c3ccccc3c3cc(-c4ccc5c(c4)c4ccccc4n5-c4ccc(-c5cccc6ccccc56)cc4)ccc32)cc1. The van der Waals surface area contributed by atoms with Gasteiger partial charge in [0.25, 0.3) is 0 Å². The number of para-hydroxylation sites is 6. The van der Waals surface area contributed by atoms with Gasteiger partial charge in [0.1, 0.15) is 0 Å². The maximum absolute atomic E-state index is 2.41. The smallest absolute Gasteiger partial charge is 0.0541 e. The van der Waals surface area contributed by atoms with E-state index in [9.17, 15) is 0 Å². The Morgan fingerprint density at radius 2 is 0.375 bits per heavy atom. The van der Waals surface area contributed by atoms with Crippen LogP contribution in [0.5, 0.6) is 0 Å². The molecule has 4 heterocycles. The molecule has 0 aliphatic rings. The molecule has 0 fully saturated rings. The molecule has 0 atom stereocenters. The van der Waals surface area contributed by atoms with E-state index in [1.54, 1.807) is 0 Å². The summed E-state index contributed by atoms with van der Waals surface area (Å²) in [6, 6.07) is 146. The predicted molar refractivity (Wildman–Crippen MR) is 440 cm³/mol. The van der Waals surface area contributed by atoms with Gasteiger partial charge in [-0.1, -0.05) is 261 Å². The zero-order valence-electron chi connectivity index (χ0n) is 56.9. The lowest BCUT2D eigenvalue weighted by Crippen LogP contribution is -1.94. The number of hydrogen-bond donors (Lipinski definition) is 0. The van der Waals surface area contributed by atoms with E-state index in [-0.39, 0.29) is 0 Å². The van der Waals surface area contributed by atoms with Crippen LogP contribution in [0.4, 0.5) is 0 Å². The Balaban J connectivity index is 0.000000140. The van der Waals surface area contributed by atoms with Gasteiger partial charge in [-0.25, -0.2) is 0 Å². The molecule has 0 aliphatic carbocycles. The van der Waals surface area contributed by atoms with Crippen molar-refractivity contribution in [2.45, 2.75) is 0 Å². The standard InChI is InChI=1S/C54H36N2.C46H30N2/c1-4-14-37(15-5-1)42-32-43(38-16-6-2-7-17-38)34-44(33-42)39-24-28-46(29-25-39)56-52-23-13-11-21-48(52)50-36-41(27-31-54(50)56)40-26-30-53-49(35-40)47-20-10-12-22-51(47)55(53)45-18-8-3-9-19-45;1-2-13-35(14-3-1)47-43-19-8-6-16-39(43)41-29-33(23-27-45(41)47)34-24-28-46-42(30-34)40-17-7-9-20-44(40)48(46)36-25-21-32(22-26-36)38-18-10-12-31-11-4-5-15-37(31)38/h1-36H;1-30H. The lowest BCUT2D eigenvalue weighted by Gasteiger charge is -2.13. The topological polar surface area (TPSA) is 19.7 Å². The van der Waals surface area contributed by atoms with E-state index in [1.165, 1.54) is 176 Å². The summed E-state index contributed by atoms with van der Waals surface area (Å²) in [6.07, 6.45) is 0. The van der Waals surface area contributed by atoms with Crippen LogP contribution in [0.2, 0.25) is 0 Å². The summed E-state index contributed by atoms with van der Waals surface area (Å²) in [5, 5.41) is 12.6. The molecule has 0 spiro atoms. The zero-order chi connectivity index (χ0) is 68.6. The summed E-state index contributed by atoms with van der Waals surface area (Å²) in [5.41, 5.74) is 28.9. The Labute approximate surface area is 602 Å². The fourth-order valence-corrected chi connectivity index (χ4v) is 16.3. The molecule has 4 aromatic heterocycles. The first-order chi connectivity index (χ1) is 51.6. The first-order valence-electron chi connectivity index (χ1n) is 35.8. The lowest BCUT2D eigenvalue weighted by molar-refractivity contribution is 1.18. The van der Waals surface area contributed by atoms with Crippen molar-refractivity contribution in [1.29, 1.82) is 0 Å². The maximum Gasteiger partial charge on any atom is 0.0541 e. The van der Waals surface area contributed by atoms with Gasteiger partial charge in [0.15, 0.2) is 0 Å². The molecule has 17 aromatic carbocycles. The fraction of sp³-hybridized carbons (Fsp3) is 0. The van der Waals surface area contributed by atoms with Crippen LogP contribution in [0.3, 0.4) is 0 Å². The van der Waals surface area contributed by atoms with Crippen molar-refractivity contribution >= 4 is 98.0 Å². The van der Waals surface area contributed by atoms with Crippen molar-refractivity contribution < 1.29 is 0 Å². The van der Waals surface area contributed by atoms with Gasteiger partial charge in [-0.05, 0) is 217 Å². The molecule has 0 radical (unpaired) electrons. The average molecular weight is 1320 g/mol. The fourth-order valence-electron chi connectivity index (χ4n) is 16.3. The third kappa shape index (κ3) is 10.3. The monoisotopic (exact) mass is 1320 g/mol. The van der Waals surface area contributed by atoms with Crippen molar-refractivity contribution in [2.75, 3.05) is 0 Å². The third-order valence-corrected chi connectivity index (χ3v) is 21.2. The molecule has 21 aromatic rings. The minimum Gasteiger partial charge on any atom is -0.309 e. The molecule has 0 N–H and O–H groups in total. The molecule has 0 amide bonds. The quantitative estimate of drug-likeness (QED) is 0.130. The van der Waals surface area contributed by atoms with E-state index >= 15 is 0 Å². The highest BCUT2D eigenvalue weighted by atomic mass is 15.0. The molecule has 104 heavy (non-hydrogen) atoms. The molecule has 486 valence electrons. The van der Waals surface area contributed by atoms with Gasteiger partial charge in [-0.2, -0.15) is 0 Å². The van der Waals surface area contributed by atoms with Crippen LogP contribution < -0.4 is 0 Å². The second-order valence-electron chi connectivity index (χ2n) is 27.2. The van der Waals surface area contributed by atoms with Crippen LogP contribution in [0.25, 0.3) is 188 Å². The van der Waals surface area contributed by atoms with Gasteiger partial charge in [0, 0.05) is 65.8 Å². The largest absolute Gasteiger partial charge is 0.309 e. The number of benzene rings is 17. The van der Waals surface area contributed by atoms with Crippen LogP contribution in [0, 0.1) is 0 Å². The third-order valence-electron chi connectivity index (χ3n) is 21.2. The van der Waals surface area contributed by atoms with Gasteiger partial charge in [-0.3, -0.25) is 0 Å². The van der Waals surface area contributed by atoms with E-state index in [4.69, 9.17) is 0 Å². The highest BCUT2D eigenvalue weighted by Gasteiger charge is 2.20. The van der Waals surface area contributed by atoms with Gasteiger partial charge in [0.05, 0.1) is 44.1 Å². The number of fused-ring (bicyclic) bond motifs is 13. The van der Waals surface area contributed by atoms with Crippen molar-refractivity contribution in [3.8, 4) is 89.5 Å². The second-order valence-corrected chi connectivity index (χ2v) is 27.2. The molecule has 4 heteroatoms. The molecular formula is C100H66N4.